The summed E-state index contributed by atoms with van der Waals surface area (Å²) < 4.78 is 0. The van der Waals surface area contributed by atoms with Crippen LogP contribution in [0.15, 0.2) is 23.1 Å². The quantitative estimate of drug-likeness (QED) is 0.428. The second-order valence-electron chi connectivity index (χ2n) is 5.57. The van der Waals surface area contributed by atoms with Gasteiger partial charge in [-0.15, -0.1) is 11.8 Å². The molecule has 0 bridgehead atoms. The summed E-state index contributed by atoms with van der Waals surface area (Å²) in [5.74, 6) is -0.653. The van der Waals surface area contributed by atoms with Crippen LogP contribution in [0.4, 0.5) is 5.69 Å². The van der Waals surface area contributed by atoms with E-state index in [4.69, 9.17) is 5.11 Å². The van der Waals surface area contributed by atoms with E-state index in [0.29, 0.717) is 4.90 Å². The molecule has 1 rings (SSSR count). The molecule has 0 radical (unpaired) electrons. The zero-order chi connectivity index (χ0) is 17.6. The van der Waals surface area contributed by atoms with Gasteiger partial charge in [0.2, 0.25) is 0 Å². The summed E-state index contributed by atoms with van der Waals surface area (Å²) >= 11 is 1.42. The first-order chi connectivity index (χ1) is 10.7. The summed E-state index contributed by atoms with van der Waals surface area (Å²) in [4.78, 5) is 34.3. The highest BCUT2D eigenvalue weighted by Crippen LogP contribution is 2.27. The lowest BCUT2D eigenvalue weighted by Gasteiger charge is -2.19. The van der Waals surface area contributed by atoms with E-state index in [1.54, 1.807) is 19.9 Å². The van der Waals surface area contributed by atoms with Crippen LogP contribution in [-0.4, -0.2) is 34.2 Å². The minimum absolute atomic E-state index is 0.151. The minimum atomic E-state index is -0.947. The monoisotopic (exact) mass is 340 g/mol. The maximum atomic E-state index is 12.3. The van der Waals surface area contributed by atoms with Crippen molar-refractivity contribution in [3.63, 3.8) is 0 Å². The van der Waals surface area contributed by atoms with E-state index in [2.05, 4.69) is 5.32 Å². The molecule has 0 unspecified atom stereocenters. The van der Waals surface area contributed by atoms with Gasteiger partial charge in [0.05, 0.1) is 15.9 Å². The summed E-state index contributed by atoms with van der Waals surface area (Å²) in [5, 5.41) is 22.5. The predicted octanol–water partition coefficient (Wildman–Crippen LogP) is 2.94. The van der Waals surface area contributed by atoms with Crippen LogP contribution in [0.1, 0.15) is 37.6 Å². The largest absolute Gasteiger partial charge is 0.481 e. The molecule has 1 aromatic carbocycles. The molecule has 0 saturated heterocycles. The van der Waals surface area contributed by atoms with Crippen molar-refractivity contribution in [1.29, 1.82) is 0 Å². The molecule has 0 saturated carbocycles. The van der Waals surface area contributed by atoms with Crippen LogP contribution in [0.3, 0.4) is 0 Å². The van der Waals surface area contributed by atoms with Gasteiger partial charge in [-0.05, 0) is 32.1 Å². The van der Waals surface area contributed by atoms with Crippen molar-refractivity contribution in [2.75, 3.05) is 12.3 Å². The number of carbonyl (C=O) groups excluding carboxylic acids is 1. The number of carboxylic acids is 1. The van der Waals surface area contributed by atoms with Crippen molar-refractivity contribution < 1.29 is 19.6 Å². The zero-order valence-electron chi connectivity index (χ0n) is 13.3. The Kier molecular flexibility index (Phi) is 6.56. The number of hydrogen-bond acceptors (Lipinski definition) is 5. The summed E-state index contributed by atoms with van der Waals surface area (Å²) in [6.07, 6.45) is 0.263. The molecule has 23 heavy (non-hydrogen) atoms. The molecule has 1 aromatic rings. The predicted molar refractivity (Wildman–Crippen MR) is 87.9 cm³/mol. The fourth-order valence-electron chi connectivity index (χ4n) is 1.78. The average molecular weight is 340 g/mol. The third-order valence-electron chi connectivity index (χ3n) is 3.33. The second-order valence-corrected chi connectivity index (χ2v) is 6.87. The highest BCUT2D eigenvalue weighted by Gasteiger charge is 2.27. The lowest BCUT2D eigenvalue weighted by atomic mass is 9.90. The van der Waals surface area contributed by atoms with Crippen molar-refractivity contribution in [1.82, 2.24) is 5.32 Å². The Morgan fingerprint density at radius 3 is 2.57 bits per heavy atom. The molecular weight excluding hydrogens is 320 g/mol. The van der Waals surface area contributed by atoms with Gasteiger partial charge in [0.15, 0.2) is 0 Å². The number of thioether (sulfide) groups is 1. The number of nitrogens with zero attached hydrogens (tertiary/aromatic N) is 1. The van der Waals surface area contributed by atoms with Gasteiger partial charge in [-0.2, -0.15) is 0 Å². The number of amides is 1. The molecule has 0 aromatic heterocycles. The number of nitro benzene ring substituents is 1. The molecule has 0 aliphatic carbocycles. The van der Waals surface area contributed by atoms with Crippen LogP contribution in [0.2, 0.25) is 0 Å². The smallest absolute Gasteiger partial charge is 0.309 e. The third-order valence-corrected chi connectivity index (χ3v) is 4.29. The highest BCUT2D eigenvalue weighted by atomic mass is 32.2. The van der Waals surface area contributed by atoms with Crippen LogP contribution in [-0.2, 0) is 4.79 Å². The molecule has 0 spiro atoms. The molecule has 0 aliphatic heterocycles. The molecular formula is C15H20N2O5S. The summed E-state index contributed by atoms with van der Waals surface area (Å²) in [6, 6.07) is 4.17. The molecule has 0 fully saturated rings. The molecule has 0 heterocycles. The van der Waals surface area contributed by atoms with Crippen LogP contribution in [0, 0.1) is 15.5 Å². The fourth-order valence-corrected chi connectivity index (χ4v) is 2.56. The van der Waals surface area contributed by atoms with Gasteiger partial charge < -0.3 is 10.4 Å². The number of carbonyl (C=O) groups is 2. The number of carboxylic acid groups (broad SMARTS) is 1. The number of nitrogens with one attached hydrogen (secondary N) is 1. The van der Waals surface area contributed by atoms with Gasteiger partial charge in [0.1, 0.15) is 0 Å². The SMILES string of the molecule is CCSc1ccc([N+](=O)[O-])cc1C(=O)NCCC(C)(C)C(=O)O. The first-order valence-corrected chi connectivity index (χ1v) is 8.10. The normalized spacial score (nSPS) is 11.1. The summed E-state index contributed by atoms with van der Waals surface area (Å²) in [5.41, 5.74) is -0.864. The van der Waals surface area contributed by atoms with E-state index in [-0.39, 0.29) is 24.2 Å². The fraction of sp³-hybridized carbons (Fsp3) is 0.467. The van der Waals surface area contributed by atoms with Gasteiger partial charge in [-0.25, -0.2) is 0 Å². The molecule has 126 valence electrons. The summed E-state index contributed by atoms with van der Waals surface area (Å²) in [7, 11) is 0. The van der Waals surface area contributed by atoms with Gasteiger partial charge in [-0.3, -0.25) is 19.7 Å². The number of hydrogen-bond donors (Lipinski definition) is 2. The molecule has 1 amide bonds. The maximum Gasteiger partial charge on any atom is 0.309 e. The van der Waals surface area contributed by atoms with Crippen molar-refractivity contribution in [3.05, 3.63) is 33.9 Å². The number of rotatable bonds is 8. The van der Waals surface area contributed by atoms with E-state index in [1.807, 2.05) is 6.92 Å². The van der Waals surface area contributed by atoms with Crippen LogP contribution in [0.5, 0.6) is 0 Å². The Morgan fingerprint density at radius 1 is 1.39 bits per heavy atom. The van der Waals surface area contributed by atoms with Gasteiger partial charge in [0.25, 0.3) is 11.6 Å². The molecule has 7 nitrogen and oxygen atoms in total. The lowest BCUT2D eigenvalue weighted by Crippen LogP contribution is -2.32. The van der Waals surface area contributed by atoms with Crippen molar-refractivity contribution >= 4 is 29.3 Å². The minimum Gasteiger partial charge on any atom is -0.481 e. The van der Waals surface area contributed by atoms with Crippen molar-refractivity contribution in [3.8, 4) is 0 Å². The van der Waals surface area contributed by atoms with E-state index in [1.165, 1.54) is 23.9 Å². The lowest BCUT2D eigenvalue weighted by molar-refractivity contribution is -0.384. The first-order valence-electron chi connectivity index (χ1n) is 7.12. The third kappa shape index (κ3) is 5.24. The van der Waals surface area contributed by atoms with Gasteiger partial charge in [-0.1, -0.05) is 6.92 Å². The Balaban J connectivity index is 2.87. The molecule has 0 atom stereocenters. The van der Waals surface area contributed by atoms with E-state index >= 15 is 0 Å². The Labute approximate surface area is 138 Å². The number of non-ortho nitro benzene ring substituents is 1. The molecule has 8 heteroatoms. The summed E-state index contributed by atoms with van der Waals surface area (Å²) in [6.45, 7) is 5.25. The Bertz CT molecular complexity index is 616. The standard InChI is InChI=1S/C15H20N2O5S/c1-4-23-12-6-5-10(17(21)22)9-11(12)13(18)16-8-7-15(2,3)14(19)20/h5-6,9H,4,7-8H2,1-3H3,(H,16,18)(H,19,20). The Hall–Kier alpha value is -2.09. The number of benzene rings is 1. The van der Waals surface area contributed by atoms with Crippen LogP contribution in [0.25, 0.3) is 0 Å². The average Bonchev–Trinajstić information content (AvgIpc) is 2.47. The van der Waals surface area contributed by atoms with Crippen molar-refractivity contribution in [2.45, 2.75) is 32.1 Å². The first kappa shape index (κ1) is 19.0. The zero-order valence-corrected chi connectivity index (χ0v) is 14.1. The van der Waals surface area contributed by atoms with Gasteiger partial charge >= 0.3 is 5.97 Å². The number of aliphatic carboxylic acids is 1. The second kappa shape index (κ2) is 7.96. The molecule has 0 aliphatic rings. The van der Waals surface area contributed by atoms with E-state index < -0.39 is 22.2 Å². The van der Waals surface area contributed by atoms with Crippen molar-refractivity contribution in [2.24, 2.45) is 5.41 Å². The topological polar surface area (TPSA) is 110 Å². The van der Waals surface area contributed by atoms with Gasteiger partial charge in [0, 0.05) is 23.6 Å². The van der Waals surface area contributed by atoms with Crippen LogP contribution >= 0.6 is 11.8 Å². The molecule has 2 N–H and O–H groups in total. The highest BCUT2D eigenvalue weighted by molar-refractivity contribution is 7.99. The van der Waals surface area contributed by atoms with E-state index in [0.717, 1.165) is 5.75 Å². The Morgan fingerprint density at radius 2 is 2.04 bits per heavy atom. The van der Waals surface area contributed by atoms with E-state index in [9.17, 15) is 19.7 Å². The maximum absolute atomic E-state index is 12.3. The number of nitro groups is 1. The van der Waals surface area contributed by atoms with Crippen LogP contribution < -0.4 is 5.32 Å².